The van der Waals surface area contributed by atoms with Crippen LogP contribution in [0.1, 0.15) is 20.3 Å². The number of benzene rings is 2. The van der Waals surface area contributed by atoms with E-state index in [1.165, 1.54) is 0 Å². The Balaban J connectivity index is 2.28. The number of esters is 1. The Bertz CT molecular complexity index is 666. The molecule has 2 aromatic rings. The predicted molar refractivity (Wildman–Crippen MR) is 84.6 cm³/mol. The van der Waals surface area contributed by atoms with Gasteiger partial charge in [0.05, 0.1) is 5.69 Å². The number of fused-ring (bicyclic) bond motifs is 1. The number of hydrogen-bond donors (Lipinski definition) is 3. The van der Waals surface area contributed by atoms with E-state index in [1.807, 2.05) is 44.2 Å². The van der Waals surface area contributed by atoms with E-state index in [-0.39, 0.29) is 11.7 Å². The number of hydrogen-bond acceptors (Lipinski definition) is 5. The van der Waals surface area contributed by atoms with Crippen LogP contribution in [0.5, 0.6) is 5.75 Å². The minimum Gasteiger partial charge on any atom is -0.422 e. The molecule has 0 heterocycles. The van der Waals surface area contributed by atoms with Gasteiger partial charge in [0.1, 0.15) is 0 Å². The third-order valence-corrected chi connectivity index (χ3v) is 3.26. The van der Waals surface area contributed by atoms with E-state index < -0.39 is 11.6 Å². The van der Waals surface area contributed by atoms with Crippen LogP contribution in [-0.4, -0.2) is 11.6 Å². The second-order valence-electron chi connectivity index (χ2n) is 5.73. The van der Waals surface area contributed by atoms with Crippen LogP contribution in [0.4, 0.5) is 5.69 Å². The zero-order chi connectivity index (χ0) is 15.6. The highest BCUT2D eigenvalue weighted by molar-refractivity contribution is 5.97. The number of ether oxygens (including phenoxy) is 1. The van der Waals surface area contributed by atoms with Gasteiger partial charge in [0.2, 0.25) is 0 Å². The molecular weight excluding hydrogens is 266 g/mol. The van der Waals surface area contributed by atoms with Crippen molar-refractivity contribution in [3.05, 3.63) is 36.4 Å². The van der Waals surface area contributed by atoms with Crippen LogP contribution in [0, 0.1) is 5.92 Å². The molecule has 0 bridgehead atoms. The van der Waals surface area contributed by atoms with Crippen LogP contribution in [-0.2, 0) is 4.79 Å². The van der Waals surface area contributed by atoms with E-state index in [2.05, 4.69) is 0 Å². The first-order valence-corrected chi connectivity index (χ1v) is 6.88. The van der Waals surface area contributed by atoms with Gasteiger partial charge in [0, 0.05) is 5.39 Å². The highest BCUT2D eigenvalue weighted by Crippen LogP contribution is 2.31. The number of nitrogens with two attached hydrogens (primary N) is 3. The summed E-state index contributed by atoms with van der Waals surface area (Å²) < 4.78 is 5.31. The van der Waals surface area contributed by atoms with Crippen molar-refractivity contribution in [2.24, 2.45) is 17.4 Å². The predicted octanol–water partition coefficient (Wildman–Crippen LogP) is 1.99. The summed E-state index contributed by atoms with van der Waals surface area (Å²) in [6.45, 7) is 3.87. The van der Waals surface area contributed by atoms with Crippen LogP contribution < -0.4 is 21.9 Å². The van der Waals surface area contributed by atoms with Crippen molar-refractivity contribution in [2.45, 2.75) is 25.9 Å². The van der Waals surface area contributed by atoms with Crippen LogP contribution in [0.2, 0.25) is 0 Å². The number of carbonyl (C=O) groups excluding carboxylic acids is 1. The van der Waals surface area contributed by atoms with Gasteiger partial charge < -0.3 is 21.9 Å². The molecule has 0 aliphatic heterocycles. The van der Waals surface area contributed by atoms with Crippen molar-refractivity contribution in [1.82, 2.24) is 0 Å². The fourth-order valence-electron chi connectivity index (χ4n) is 2.32. The lowest BCUT2D eigenvalue weighted by Crippen LogP contribution is -2.59. The zero-order valence-corrected chi connectivity index (χ0v) is 12.3. The number of carbonyl (C=O) groups is 1. The molecule has 5 nitrogen and oxygen atoms in total. The maximum atomic E-state index is 12.1. The molecule has 0 fully saturated rings. The summed E-state index contributed by atoms with van der Waals surface area (Å²) in [7, 11) is 0. The van der Waals surface area contributed by atoms with Crippen molar-refractivity contribution in [3.63, 3.8) is 0 Å². The average molecular weight is 287 g/mol. The molecule has 2 aromatic carbocycles. The molecule has 2 rings (SSSR count). The molecule has 21 heavy (non-hydrogen) atoms. The van der Waals surface area contributed by atoms with E-state index in [4.69, 9.17) is 21.9 Å². The van der Waals surface area contributed by atoms with Crippen LogP contribution >= 0.6 is 0 Å². The Morgan fingerprint density at radius 1 is 1.19 bits per heavy atom. The summed E-state index contributed by atoms with van der Waals surface area (Å²) in [5.74, 6) is -0.220. The van der Waals surface area contributed by atoms with Gasteiger partial charge in [-0.2, -0.15) is 0 Å². The maximum Gasteiger partial charge on any atom is 0.346 e. The van der Waals surface area contributed by atoms with E-state index in [0.717, 1.165) is 10.8 Å². The van der Waals surface area contributed by atoms with Gasteiger partial charge in [0.25, 0.3) is 0 Å². The third kappa shape index (κ3) is 3.32. The second kappa shape index (κ2) is 5.71. The fraction of sp³-hybridized carbons (Fsp3) is 0.312. The number of anilines is 1. The molecule has 0 unspecified atom stereocenters. The van der Waals surface area contributed by atoms with Crippen molar-refractivity contribution in [3.8, 4) is 5.75 Å². The molecular formula is C16H21N3O2. The van der Waals surface area contributed by atoms with Gasteiger partial charge in [-0.05, 0) is 23.8 Å². The monoisotopic (exact) mass is 287 g/mol. The molecule has 6 N–H and O–H groups in total. The standard InChI is InChI=1S/C16H21N3O2/c1-10(2)9-16(18,19)15(20)21-13-8-7-11-5-3-4-6-12(11)14(13)17/h3-8,10H,9,17-19H2,1-2H3. The minimum atomic E-state index is -1.52. The van der Waals surface area contributed by atoms with Crippen LogP contribution in [0.3, 0.4) is 0 Å². The Morgan fingerprint density at radius 3 is 2.52 bits per heavy atom. The summed E-state index contributed by atoms with van der Waals surface area (Å²) in [4.78, 5) is 12.1. The summed E-state index contributed by atoms with van der Waals surface area (Å²) >= 11 is 0. The van der Waals surface area contributed by atoms with Crippen molar-refractivity contribution < 1.29 is 9.53 Å². The smallest absolute Gasteiger partial charge is 0.346 e. The zero-order valence-electron chi connectivity index (χ0n) is 12.3. The quantitative estimate of drug-likeness (QED) is 0.345. The van der Waals surface area contributed by atoms with Gasteiger partial charge in [-0.15, -0.1) is 0 Å². The first-order chi connectivity index (χ1) is 9.81. The topological polar surface area (TPSA) is 104 Å². The van der Waals surface area contributed by atoms with Crippen molar-refractivity contribution >= 4 is 22.4 Å². The van der Waals surface area contributed by atoms with Crippen molar-refractivity contribution in [2.75, 3.05) is 5.73 Å². The van der Waals surface area contributed by atoms with Crippen molar-refractivity contribution in [1.29, 1.82) is 0 Å². The number of rotatable bonds is 4. The molecule has 112 valence electrons. The van der Waals surface area contributed by atoms with Gasteiger partial charge in [-0.25, -0.2) is 4.79 Å². The Labute approximate surface area is 124 Å². The molecule has 0 atom stereocenters. The van der Waals surface area contributed by atoms with Crippen LogP contribution in [0.25, 0.3) is 10.8 Å². The largest absolute Gasteiger partial charge is 0.422 e. The molecule has 0 radical (unpaired) electrons. The average Bonchev–Trinajstić information content (AvgIpc) is 2.40. The molecule has 0 aliphatic carbocycles. The minimum absolute atomic E-state index is 0.182. The maximum absolute atomic E-state index is 12.1. The molecule has 0 amide bonds. The summed E-state index contributed by atoms with van der Waals surface area (Å²) in [6.07, 6.45) is 0.333. The molecule has 0 saturated heterocycles. The highest BCUT2D eigenvalue weighted by atomic mass is 16.5. The SMILES string of the molecule is CC(C)CC(N)(N)C(=O)Oc1ccc2ccccc2c1N. The molecule has 5 heteroatoms. The Hall–Kier alpha value is -2.11. The van der Waals surface area contributed by atoms with E-state index in [1.54, 1.807) is 6.07 Å². The van der Waals surface area contributed by atoms with E-state index >= 15 is 0 Å². The van der Waals surface area contributed by atoms with Gasteiger partial charge in [-0.3, -0.25) is 0 Å². The molecule has 0 aliphatic rings. The molecule has 0 saturated carbocycles. The molecule has 0 spiro atoms. The van der Waals surface area contributed by atoms with Crippen LogP contribution in [0.15, 0.2) is 36.4 Å². The van der Waals surface area contributed by atoms with Gasteiger partial charge in [-0.1, -0.05) is 44.2 Å². The third-order valence-electron chi connectivity index (χ3n) is 3.26. The highest BCUT2D eigenvalue weighted by Gasteiger charge is 2.32. The van der Waals surface area contributed by atoms with Gasteiger partial charge >= 0.3 is 5.97 Å². The summed E-state index contributed by atoms with van der Waals surface area (Å²) in [5, 5.41) is 1.80. The van der Waals surface area contributed by atoms with E-state index in [0.29, 0.717) is 12.1 Å². The fourth-order valence-corrected chi connectivity index (χ4v) is 2.32. The lowest BCUT2D eigenvalue weighted by Gasteiger charge is -2.24. The van der Waals surface area contributed by atoms with Gasteiger partial charge in [0.15, 0.2) is 11.4 Å². The normalized spacial score (nSPS) is 11.9. The summed E-state index contributed by atoms with van der Waals surface area (Å²) in [6, 6.07) is 11.1. The lowest BCUT2D eigenvalue weighted by atomic mass is 9.99. The first-order valence-electron chi connectivity index (χ1n) is 6.88. The first kappa shape index (κ1) is 15.3. The summed E-state index contributed by atoms with van der Waals surface area (Å²) in [5.41, 5.74) is 16.6. The lowest BCUT2D eigenvalue weighted by molar-refractivity contribution is -0.140. The Kier molecular flexibility index (Phi) is 4.16. The number of nitrogen functional groups attached to an aromatic ring is 1. The second-order valence-corrected chi connectivity index (χ2v) is 5.73. The van der Waals surface area contributed by atoms with E-state index in [9.17, 15) is 4.79 Å². The Morgan fingerprint density at radius 2 is 1.86 bits per heavy atom. The molecule has 0 aromatic heterocycles.